The monoisotopic (exact) mass is 205 g/mol. The molecule has 86 valence electrons. The molecule has 2 unspecified atom stereocenters. The van der Waals surface area contributed by atoms with Gasteiger partial charge in [-0.1, -0.05) is 20.3 Å². The van der Waals surface area contributed by atoms with Gasteiger partial charge in [0.1, 0.15) is 5.67 Å². The number of methoxy groups -OCH3 is 1. The number of alkyl halides is 1. The number of likely N-dealkylation sites (tertiary alicyclic amines) is 1. The van der Waals surface area contributed by atoms with Gasteiger partial charge >= 0.3 is 0 Å². The van der Waals surface area contributed by atoms with Crippen molar-refractivity contribution in [3.8, 4) is 0 Å². The Kier molecular flexibility index (Phi) is 6.29. The van der Waals surface area contributed by atoms with Gasteiger partial charge in [0, 0.05) is 13.7 Å². The van der Waals surface area contributed by atoms with Crippen LogP contribution in [-0.4, -0.2) is 43.9 Å². The van der Waals surface area contributed by atoms with Crippen LogP contribution in [0, 0.1) is 0 Å². The van der Waals surface area contributed by atoms with Crippen molar-refractivity contribution in [1.29, 1.82) is 0 Å². The first-order valence-corrected chi connectivity index (χ1v) is 5.37. The third-order valence-corrected chi connectivity index (χ3v) is 2.50. The van der Waals surface area contributed by atoms with Crippen molar-refractivity contribution in [3.63, 3.8) is 0 Å². The lowest BCUT2D eigenvalue weighted by Gasteiger charge is -2.26. The molecule has 1 saturated heterocycles. The number of likely N-dealkylation sites (N-methyl/N-ethyl adjacent to an activating group) is 1. The zero-order valence-corrected chi connectivity index (χ0v) is 10.1. The highest BCUT2D eigenvalue weighted by Gasteiger charge is 2.42. The minimum absolute atomic E-state index is 0.0625. The first-order valence-electron chi connectivity index (χ1n) is 5.37. The second kappa shape index (κ2) is 6.36. The second-order valence-electron chi connectivity index (χ2n) is 4.19. The Morgan fingerprint density at radius 2 is 2.00 bits per heavy atom. The van der Waals surface area contributed by atoms with Gasteiger partial charge in [-0.2, -0.15) is 0 Å². The molecule has 0 spiro atoms. The highest BCUT2D eigenvalue weighted by molar-refractivity contribution is 4.95. The fourth-order valence-corrected chi connectivity index (χ4v) is 1.64. The first kappa shape index (κ1) is 13.8. The van der Waals surface area contributed by atoms with E-state index in [2.05, 4.69) is 13.8 Å². The Morgan fingerprint density at radius 1 is 1.50 bits per heavy atom. The van der Waals surface area contributed by atoms with E-state index in [9.17, 15) is 4.39 Å². The summed E-state index contributed by atoms with van der Waals surface area (Å²) in [5.74, 6) is 0. The normalized spacial score (nSPS) is 32.6. The fourth-order valence-electron chi connectivity index (χ4n) is 1.64. The topological polar surface area (TPSA) is 12.5 Å². The van der Waals surface area contributed by atoms with Gasteiger partial charge in [0.05, 0.1) is 12.6 Å². The third kappa shape index (κ3) is 3.93. The number of ether oxygens (including phenoxy) is 1. The van der Waals surface area contributed by atoms with E-state index in [1.807, 2.05) is 11.9 Å². The standard InChI is InChI=1S/C8H16FNO.C3H8/c1-8(9)4-5-10(2)7(8)6-11-3;1-3-2/h7H,4-6H2,1-3H3;3H2,1-2H3. The first-order chi connectivity index (χ1) is 6.49. The van der Waals surface area contributed by atoms with Crippen molar-refractivity contribution in [1.82, 2.24) is 4.90 Å². The molecule has 2 atom stereocenters. The minimum atomic E-state index is -1.06. The lowest BCUT2D eigenvalue weighted by molar-refractivity contribution is 0.0524. The van der Waals surface area contributed by atoms with Crippen LogP contribution in [0.2, 0.25) is 0 Å². The summed E-state index contributed by atoms with van der Waals surface area (Å²) in [6.45, 7) is 7.23. The van der Waals surface area contributed by atoms with Gasteiger partial charge < -0.3 is 4.74 Å². The van der Waals surface area contributed by atoms with Crippen molar-refractivity contribution >= 4 is 0 Å². The molecule has 0 bridgehead atoms. The Bertz CT molecular complexity index is 150. The van der Waals surface area contributed by atoms with E-state index in [4.69, 9.17) is 4.74 Å². The Labute approximate surface area is 87.4 Å². The van der Waals surface area contributed by atoms with Crippen molar-refractivity contribution in [3.05, 3.63) is 0 Å². The van der Waals surface area contributed by atoms with Gasteiger partial charge in [-0.15, -0.1) is 0 Å². The molecule has 1 heterocycles. The van der Waals surface area contributed by atoms with Gasteiger partial charge in [-0.25, -0.2) is 4.39 Å². The maximum Gasteiger partial charge on any atom is 0.127 e. The third-order valence-electron chi connectivity index (χ3n) is 2.50. The lowest BCUT2D eigenvalue weighted by atomic mass is 10.0. The van der Waals surface area contributed by atoms with Gasteiger partial charge in [0.15, 0.2) is 0 Å². The summed E-state index contributed by atoms with van der Waals surface area (Å²) in [5, 5.41) is 0. The van der Waals surface area contributed by atoms with Crippen LogP contribution in [0.4, 0.5) is 4.39 Å². The number of hydrogen-bond acceptors (Lipinski definition) is 2. The minimum Gasteiger partial charge on any atom is -0.383 e. The van der Waals surface area contributed by atoms with Crippen LogP contribution in [0.3, 0.4) is 0 Å². The molecule has 1 aliphatic rings. The lowest BCUT2D eigenvalue weighted by Crippen LogP contribution is -2.41. The molecule has 0 amide bonds. The molecule has 1 aliphatic heterocycles. The SMILES string of the molecule is CCC.COCC1N(C)CCC1(C)F. The summed E-state index contributed by atoms with van der Waals surface area (Å²) in [6.07, 6.45) is 1.87. The van der Waals surface area contributed by atoms with Crippen molar-refractivity contribution in [2.45, 2.75) is 45.3 Å². The predicted molar refractivity (Wildman–Crippen MR) is 58.4 cm³/mol. The quantitative estimate of drug-likeness (QED) is 0.686. The van der Waals surface area contributed by atoms with E-state index < -0.39 is 5.67 Å². The Balaban J connectivity index is 0.000000500. The highest BCUT2D eigenvalue weighted by atomic mass is 19.1. The number of halogens is 1. The molecule has 0 aromatic heterocycles. The van der Waals surface area contributed by atoms with Gasteiger partial charge in [-0.3, -0.25) is 4.90 Å². The molecule has 0 aromatic rings. The van der Waals surface area contributed by atoms with Gasteiger partial charge in [0.2, 0.25) is 0 Å². The number of hydrogen-bond donors (Lipinski definition) is 0. The summed E-state index contributed by atoms with van der Waals surface area (Å²) in [7, 11) is 3.55. The molecule has 0 N–H and O–H groups in total. The molecule has 1 rings (SSSR count). The zero-order chi connectivity index (χ0) is 11.2. The van der Waals surface area contributed by atoms with Crippen LogP contribution in [-0.2, 0) is 4.74 Å². The largest absolute Gasteiger partial charge is 0.383 e. The summed E-state index contributed by atoms with van der Waals surface area (Å²) in [5.41, 5.74) is -1.06. The predicted octanol–water partition coefficient (Wildman–Crippen LogP) is 2.48. The molecule has 1 fully saturated rings. The maximum absolute atomic E-state index is 13.6. The van der Waals surface area contributed by atoms with E-state index in [0.29, 0.717) is 13.0 Å². The number of rotatable bonds is 2. The zero-order valence-electron chi connectivity index (χ0n) is 10.1. The van der Waals surface area contributed by atoms with Crippen molar-refractivity contribution in [2.75, 3.05) is 27.3 Å². The Hall–Kier alpha value is -0.150. The van der Waals surface area contributed by atoms with E-state index in [1.54, 1.807) is 14.0 Å². The summed E-state index contributed by atoms with van der Waals surface area (Å²) in [6, 6.07) is -0.0625. The van der Waals surface area contributed by atoms with E-state index >= 15 is 0 Å². The average Bonchev–Trinajstić information content (AvgIpc) is 2.34. The molecule has 3 heteroatoms. The summed E-state index contributed by atoms with van der Waals surface area (Å²) in [4.78, 5) is 2.02. The van der Waals surface area contributed by atoms with Crippen LogP contribution in [0.25, 0.3) is 0 Å². The van der Waals surface area contributed by atoms with Gasteiger partial charge in [0.25, 0.3) is 0 Å². The van der Waals surface area contributed by atoms with E-state index in [-0.39, 0.29) is 6.04 Å². The molecule has 2 nitrogen and oxygen atoms in total. The second-order valence-corrected chi connectivity index (χ2v) is 4.19. The molecular weight excluding hydrogens is 181 g/mol. The summed E-state index contributed by atoms with van der Waals surface area (Å²) < 4.78 is 18.5. The molecule has 0 aliphatic carbocycles. The highest BCUT2D eigenvalue weighted by Crippen LogP contribution is 2.30. The van der Waals surface area contributed by atoms with Crippen molar-refractivity contribution < 1.29 is 9.13 Å². The maximum atomic E-state index is 13.6. The van der Waals surface area contributed by atoms with Gasteiger partial charge in [-0.05, 0) is 20.4 Å². The van der Waals surface area contributed by atoms with Crippen LogP contribution in [0.1, 0.15) is 33.6 Å². The van der Waals surface area contributed by atoms with Crippen molar-refractivity contribution in [2.24, 2.45) is 0 Å². The molecule has 14 heavy (non-hydrogen) atoms. The molecule has 0 saturated carbocycles. The molecule has 0 radical (unpaired) electrons. The van der Waals surface area contributed by atoms with Crippen LogP contribution < -0.4 is 0 Å². The Morgan fingerprint density at radius 3 is 2.29 bits per heavy atom. The molecular formula is C11H24FNO. The van der Waals surface area contributed by atoms with Crippen LogP contribution in [0.5, 0.6) is 0 Å². The smallest absolute Gasteiger partial charge is 0.127 e. The fraction of sp³-hybridized carbons (Fsp3) is 1.00. The van der Waals surface area contributed by atoms with E-state index in [0.717, 1.165) is 6.54 Å². The van der Waals surface area contributed by atoms with E-state index in [1.165, 1.54) is 6.42 Å². The average molecular weight is 205 g/mol. The number of nitrogens with zero attached hydrogens (tertiary/aromatic N) is 1. The summed E-state index contributed by atoms with van der Waals surface area (Å²) >= 11 is 0. The van der Waals surface area contributed by atoms with Crippen LogP contribution in [0.15, 0.2) is 0 Å². The van der Waals surface area contributed by atoms with Crippen LogP contribution >= 0.6 is 0 Å². The molecule has 0 aromatic carbocycles.